The van der Waals surface area contributed by atoms with Gasteiger partial charge in [-0.15, -0.1) is 0 Å². The molecule has 20 heavy (non-hydrogen) atoms. The summed E-state index contributed by atoms with van der Waals surface area (Å²) in [5, 5.41) is 4.44. The molecule has 104 valence electrons. The summed E-state index contributed by atoms with van der Waals surface area (Å²) < 4.78 is 1.89. The monoisotopic (exact) mass is 269 g/mol. The molecule has 0 aliphatic rings. The number of aromatic nitrogens is 3. The number of rotatable bonds is 4. The van der Waals surface area contributed by atoms with Crippen molar-refractivity contribution in [3.8, 4) is 0 Å². The van der Waals surface area contributed by atoms with Gasteiger partial charge in [-0.2, -0.15) is 5.10 Å². The fraction of sp³-hybridized carbons (Fsp3) is 0.312. The van der Waals surface area contributed by atoms with Gasteiger partial charge >= 0.3 is 0 Å². The Balaban J connectivity index is 2.28. The average Bonchev–Trinajstić information content (AvgIpc) is 2.73. The molecule has 2 aromatic rings. The minimum atomic E-state index is -0.0178. The minimum absolute atomic E-state index is 0.0178. The maximum absolute atomic E-state index is 12.3. The van der Waals surface area contributed by atoms with Crippen molar-refractivity contribution in [2.75, 3.05) is 0 Å². The first-order valence-corrected chi connectivity index (χ1v) is 6.69. The van der Waals surface area contributed by atoms with Gasteiger partial charge in [0.1, 0.15) is 0 Å². The van der Waals surface area contributed by atoms with E-state index in [2.05, 4.69) is 23.9 Å². The molecule has 0 bridgehead atoms. The van der Waals surface area contributed by atoms with Gasteiger partial charge in [-0.25, -0.2) is 0 Å². The number of nitrogens with zero attached hydrogens (tertiary/aromatic N) is 3. The lowest BCUT2D eigenvalue weighted by atomic mass is 10.1. The summed E-state index contributed by atoms with van der Waals surface area (Å²) in [5.74, 6) is -0.0178. The Kier molecular flexibility index (Phi) is 4.13. The summed E-state index contributed by atoms with van der Waals surface area (Å²) in [5.41, 5.74) is 3.29. The molecular weight excluding hydrogens is 250 g/mol. The molecule has 4 nitrogen and oxygen atoms in total. The van der Waals surface area contributed by atoms with Crippen molar-refractivity contribution in [3.63, 3.8) is 0 Å². The van der Waals surface area contributed by atoms with Gasteiger partial charge in [0, 0.05) is 24.1 Å². The van der Waals surface area contributed by atoms with Crippen molar-refractivity contribution >= 4 is 11.9 Å². The van der Waals surface area contributed by atoms with Crippen LogP contribution in [-0.2, 0) is 0 Å². The van der Waals surface area contributed by atoms with Crippen LogP contribution in [0, 0.1) is 13.8 Å². The van der Waals surface area contributed by atoms with Crippen LogP contribution >= 0.6 is 0 Å². The van der Waals surface area contributed by atoms with Crippen LogP contribution < -0.4 is 0 Å². The van der Waals surface area contributed by atoms with E-state index in [9.17, 15) is 4.79 Å². The van der Waals surface area contributed by atoms with E-state index in [0.29, 0.717) is 5.56 Å². The highest BCUT2D eigenvalue weighted by Crippen LogP contribution is 2.18. The second kappa shape index (κ2) is 5.82. The van der Waals surface area contributed by atoms with E-state index >= 15 is 0 Å². The summed E-state index contributed by atoms with van der Waals surface area (Å²) in [6.07, 6.45) is 6.79. The SMILES string of the molecule is Cc1nn(C(C)C)c(C)c1C(=O)C=Cc1cccnc1. The smallest absolute Gasteiger partial charge is 0.189 e. The summed E-state index contributed by atoms with van der Waals surface area (Å²) >= 11 is 0. The van der Waals surface area contributed by atoms with Crippen LogP contribution in [0.25, 0.3) is 6.08 Å². The maximum atomic E-state index is 12.3. The van der Waals surface area contributed by atoms with E-state index < -0.39 is 0 Å². The molecule has 0 saturated carbocycles. The van der Waals surface area contributed by atoms with E-state index in [1.54, 1.807) is 24.5 Å². The number of allylic oxidation sites excluding steroid dienone is 1. The molecule has 0 unspecified atom stereocenters. The first-order valence-electron chi connectivity index (χ1n) is 6.69. The number of pyridine rings is 1. The van der Waals surface area contributed by atoms with Gasteiger partial charge < -0.3 is 0 Å². The Labute approximate surface area is 119 Å². The zero-order valence-electron chi connectivity index (χ0n) is 12.3. The Morgan fingerprint density at radius 1 is 1.35 bits per heavy atom. The summed E-state index contributed by atoms with van der Waals surface area (Å²) in [6.45, 7) is 7.92. The Bertz CT molecular complexity index is 639. The predicted octanol–water partition coefficient (Wildman–Crippen LogP) is 3.37. The second-order valence-electron chi connectivity index (χ2n) is 5.07. The molecule has 0 radical (unpaired) electrons. The van der Waals surface area contributed by atoms with Gasteiger partial charge in [0.05, 0.1) is 11.3 Å². The highest BCUT2D eigenvalue weighted by atomic mass is 16.1. The first kappa shape index (κ1) is 14.2. The Morgan fingerprint density at radius 3 is 2.65 bits per heavy atom. The number of carbonyl (C=O) groups is 1. The van der Waals surface area contributed by atoms with Crippen LogP contribution in [0.3, 0.4) is 0 Å². The van der Waals surface area contributed by atoms with E-state index in [0.717, 1.165) is 17.0 Å². The molecule has 4 heteroatoms. The van der Waals surface area contributed by atoms with E-state index in [1.165, 1.54) is 0 Å². The van der Waals surface area contributed by atoms with Crippen LogP contribution in [0.15, 0.2) is 30.6 Å². The van der Waals surface area contributed by atoms with Crippen LogP contribution in [-0.4, -0.2) is 20.5 Å². The molecule has 2 heterocycles. The van der Waals surface area contributed by atoms with Crippen LogP contribution in [0.5, 0.6) is 0 Å². The molecule has 0 saturated heterocycles. The van der Waals surface area contributed by atoms with E-state index in [4.69, 9.17) is 0 Å². The van der Waals surface area contributed by atoms with Crippen molar-refractivity contribution < 1.29 is 4.79 Å². The third kappa shape index (κ3) is 2.85. The largest absolute Gasteiger partial charge is 0.289 e. The number of hydrogen-bond acceptors (Lipinski definition) is 3. The fourth-order valence-corrected chi connectivity index (χ4v) is 2.25. The average molecular weight is 269 g/mol. The standard InChI is InChI=1S/C16H19N3O/c1-11(2)19-13(4)16(12(3)18-19)15(20)8-7-14-6-5-9-17-10-14/h5-11H,1-4H3. The van der Waals surface area contributed by atoms with Crippen molar-refractivity contribution in [3.05, 3.63) is 53.1 Å². The molecule has 0 aromatic carbocycles. The molecule has 0 N–H and O–H groups in total. The molecule has 0 aliphatic heterocycles. The molecule has 0 spiro atoms. The van der Waals surface area contributed by atoms with Gasteiger partial charge in [0.25, 0.3) is 0 Å². The van der Waals surface area contributed by atoms with Gasteiger partial charge in [-0.3, -0.25) is 14.5 Å². The highest BCUT2D eigenvalue weighted by Gasteiger charge is 2.17. The molecule has 0 amide bonds. The zero-order chi connectivity index (χ0) is 14.7. The first-order chi connectivity index (χ1) is 9.50. The van der Waals surface area contributed by atoms with Gasteiger partial charge in [0.15, 0.2) is 5.78 Å². The van der Waals surface area contributed by atoms with Crippen molar-refractivity contribution in [2.24, 2.45) is 0 Å². The molecule has 0 aliphatic carbocycles. The van der Waals surface area contributed by atoms with Gasteiger partial charge in [-0.1, -0.05) is 6.07 Å². The summed E-state index contributed by atoms with van der Waals surface area (Å²) in [4.78, 5) is 16.4. The van der Waals surface area contributed by atoms with Crippen molar-refractivity contribution in [1.82, 2.24) is 14.8 Å². The second-order valence-corrected chi connectivity index (χ2v) is 5.07. The maximum Gasteiger partial charge on any atom is 0.189 e. The van der Waals surface area contributed by atoms with Crippen LogP contribution in [0.2, 0.25) is 0 Å². The van der Waals surface area contributed by atoms with Crippen LogP contribution in [0.1, 0.15) is 47.2 Å². The molecule has 2 rings (SSSR count). The van der Waals surface area contributed by atoms with E-state index in [-0.39, 0.29) is 11.8 Å². The van der Waals surface area contributed by atoms with Crippen LogP contribution in [0.4, 0.5) is 0 Å². The topological polar surface area (TPSA) is 47.8 Å². The Hall–Kier alpha value is -2.23. The van der Waals surface area contributed by atoms with E-state index in [1.807, 2.05) is 30.7 Å². The fourth-order valence-electron chi connectivity index (χ4n) is 2.25. The number of carbonyl (C=O) groups excluding carboxylic acids is 1. The van der Waals surface area contributed by atoms with Crippen molar-refractivity contribution in [1.29, 1.82) is 0 Å². The molecule has 0 atom stereocenters. The minimum Gasteiger partial charge on any atom is -0.289 e. The molecule has 2 aromatic heterocycles. The molecule has 0 fully saturated rings. The summed E-state index contributed by atoms with van der Waals surface area (Å²) in [6, 6.07) is 4.00. The number of ketones is 1. The normalized spacial score (nSPS) is 11.4. The predicted molar refractivity (Wildman–Crippen MR) is 79.7 cm³/mol. The Morgan fingerprint density at radius 2 is 2.10 bits per heavy atom. The lowest BCUT2D eigenvalue weighted by Gasteiger charge is -2.07. The highest BCUT2D eigenvalue weighted by molar-refractivity contribution is 6.08. The third-order valence-electron chi connectivity index (χ3n) is 3.17. The lowest BCUT2D eigenvalue weighted by Crippen LogP contribution is -2.06. The van der Waals surface area contributed by atoms with Gasteiger partial charge in [-0.05, 0) is 51.5 Å². The lowest BCUT2D eigenvalue weighted by molar-refractivity contribution is 0.104. The zero-order valence-corrected chi connectivity index (χ0v) is 12.3. The third-order valence-corrected chi connectivity index (χ3v) is 3.17. The molecular formula is C16H19N3O. The van der Waals surface area contributed by atoms with Crippen molar-refractivity contribution in [2.45, 2.75) is 33.7 Å². The number of aryl methyl sites for hydroxylation is 1. The summed E-state index contributed by atoms with van der Waals surface area (Å²) in [7, 11) is 0. The van der Waals surface area contributed by atoms with Gasteiger partial charge in [0.2, 0.25) is 0 Å². The quantitative estimate of drug-likeness (QED) is 0.631. The number of hydrogen-bond donors (Lipinski definition) is 0.